The van der Waals surface area contributed by atoms with Crippen LogP contribution in [0.4, 0.5) is 0 Å². The lowest BCUT2D eigenvalue weighted by molar-refractivity contribution is -0.0193. The fourth-order valence-electron chi connectivity index (χ4n) is 2.20. The molecular weight excluding hydrogens is 266 g/mol. The smallest absolute Gasteiger partial charge is 0.197 e. The van der Waals surface area contributed by atoms with Gasteiger partial charge >= 0.3 is 0 Å². The monoisotopic (exact) mass is 283 g/mol. The van der Waals surface area contributed by atoms with Gasteiger partial charge in [0.15, 0.2) is 6.29 Å². The van der Waals surface area contributed by atoms with Gasteiger partial charge in [0.1, 0.15) is 5.75 Å². The molecule has 1 atom stereocenters. The molecule has 0 saturated heterocycles. The molecule has 0 aliphatic heterocycles. The summed E-state index contributed by atoms with van der Waals surface area (Å²) < 4.78 is 5.40. The molecule has 2 aromatic heterocycles. The first-order valence-electron chi connectivity index (χ1n) is 6.92. The maximum atomic E-state index is 9.56. The number of nitrogens with zero attached hydrogens (tertiary/aromatic N) is 2. The van der Waals surface area contributed by atoms with Crippen LogP contribution in [0.1, 0.15) is 19.0 Å². The van der Waals surface area contributed by atoms with E-state index in [1.165, 1.54) is 0 Å². The SMILES string of the molecule is CCC(O)Oc1cncc(-c2ccc3n[nH]c(C)c3c2)c1. The van der Waals surface area contributed by atoms with E-state index in [4.69, 9.17) is 4.74 Å². The van der Waals surface area contributed by atoms with Crippen LogP contribution in [0.25, 0.3) is 22.0 Å². The largest absolute Gasteiger partial charge is 0.464 e. The number of aromatic nitrogens is 3. The number of H-pyrrole nitrogens is 1. The Hall–Kier alpha value is -2.40. The van der Waals surface area contributed by atoms with Gasteiger partial charge in [-0.3, -0.25) is 10.1 Å². The normalized spacial score (nSPS) is 12.5. The van der Waals surface area contributed by atoms with Gasteiger partial charge in [0.2, 0.25) is 0 Å². The predicted octanol–water partition coefficient (Wildman–Crippen LogP) is 3.04. The molecule has 5 heteroatoms. The topological polar surface area (TPSA) is 71.0 Å². The lowest BCUT2D eigenvalue weighted by Crippen LogP contribution is -2.13. The van der Waals surface area contributed by atoms with Crippen molar-refractivity contribution in [3.63, 3.8) is 0 Å². The average molecular weight is 283 g/mol. The molecule has 5 nitrogen and oxygen atoms in total. The van der Waals surface area contributed by atoms with Crippen molar-refractivity contribution >= 4 is 10.9 Å². The molecule has 0 fully saturated rings. The van der Waals surface area contributed by atoms with E-state index in [1.54, 1.807) is 12.4 Å². The molecule has 0 spiro atoms. The molecule has 0 amide bonds. The molecule has 3 aromatic rings. The van der Waals surface area contributed by atoms with Gasteiger partial charge in [0.25, 0.3) is 0 Å². The van der Waals surface area contributed by atoms with E-state index in [1.807, 2.05) is 32.0 Å². The standard InChI is InChI=1S/C16H17N3O2/c1-3-16(20)21-13-6-12(8-17-9-13)11-4-5-15-14(7-11)10(2)18-19-15/h4-9,16,20H,3H2,1-2H3,(H,18,19). The number of aliphatic hydroxyl groups is 1. The number of ether oxygens (including phenoxy) is 1. The Morgan fingerprint density at radius 2 is 2.10 bits per heavy atom. The molecular formula is C16H17N3O2. The minimum absolute atomic E-state index is 0.532. The van der Waals surface area contributed by atoms with Crippen molar-refractivity contribution in [1.29, 1.82) is 0 Å². The van der Waals surface area contributed by atoms with Crippen LogP contribution in [-0.2, 0) is 0 Å². The first-order valence-corrected chi connectivity index (χ1v) is 6.92. The molecule has 1 unspecified atom stereocenters. The molecule has 108 valence electrons. The molecule has 0 aliphatic rings. The van der Waals surface area contributed by atoms with Crippen molar-refractivity contribution in [3.8, 4) is 16.9 Å². The Labute approximate surface area is 122 Å². The van der Waals surface area contributed by atoms with Gasteiger partial charge in [-0.1, -0.05) is 13.0 Å². The Morgan fingerprint density at radius 3 is 2.90 bits per heavy atom. The third-order valence-electron chi connectivity index (χ3n) is 3.41. The number of aliphatic hydroxyl groups excluding tert-OH is 1. The van der Waals surface area contributed by atoms with Gasteiger partial charge in [-0.05, 0) is 30.7 Å². The van der Waals surface area contributed by atoms with Crippen molar-refractivity contribution < 1.29 is 9.84 Å². The molecule has 0 radical (unpaired) electrons. The van der Waals surface area contributed by atoms with Crippen molar-refractivity contribution in [2.24, 2.45) is 0 Å². The zero-order valence-electron chi connectivity index (χ0n) is 12.0. The van der Waals surface area contributed by atoms with E-state index in [0.717, 1.165) is 27.7 Å². The number of aryl methyl sites for hydroxylation is 1. The second-order valence-electron chi connectivity index (χ2n) is 4.97. The predicted molar refractivity (Wildman–Crippen MR) is 81.0 cm³/mol. The van der Waals surface area contributed by atoms with Crippen LogP contribution < -0.4 is 4.74 Å². The molecule has 0 bridgehead atoms. The molecule has 3 rings (SSSR count). The summed E-state index contributed by atoms with van der Waals surface area (Å²) >= 11 is 0. The lowest BCUT2D eigenvalue weighted by atomic mass is 10.0. The van der Waals surface area contributed by atoms with Crippen molar-refractivity contribution in [2.45, 2.75) is 26.6 Å². The first-order chi connectivity index (χ1) is 10.2. The van der Waals surface area contributed by atoms with Gasteiger partial charge in [-0.15, -0.1) is 0 Å². The molecule has 0 saturated carbocycles. The Bertz CT molecular complexity index is 767. The highest BCUT2D eigenvalue weighted by Crippen LogP contribution is 2.27. The fourth-order valence-corrected chi connectivity index (χ4v) is 2.20. The van der Waals surface area contributed by atoms with Gasteiger partial charge in [-0.2, -0.15) is 5.10 Å². The number of hydrogen-bond donors (Lipinski definition) is 2. The van der Waals surface area contributed by atoms with Gasteiger partial charge in [0, 0.05) is 29.3 Å². The maximum absolute atomic E-state index is 9.56. The summed E-state index contributed by atoms with van der Waals surface area (Å²) in [5, 5.41) is 17.9. The number of pyridine rings is 1. The van der Waals surface area contributed by atoms with Crippen LogP contribution in [-0.4, -0.2) is 26.6 Å². The van der Waals surface area contributed by atoms with Crippen LogP contribution in [0.5, 0.6) is 5.75 Å². The molecule has 1 aromatic carbocycles. The van der Waals surface area contributed by atoms with Crippen LogP contribution >= 0.6 is 0 Å². The van der Waals surface area contributed by atoms with Crippen molar-refractivity contribution in [1.82, 2.24) is 15.2 Å². The third kappa shape index (κ3) is 2.73. The summed E-state index contributed by atoms with van der Waals surface area (Å²) in [7, 11) is 0. The number of rotatable bonds is 4. The van der Waals surface area contributed by atoms with Crippen LogP contribution in [0, 0.1) is 6.92 Å². The minimum atomic E-state index is -0.805. The zero-order chi connectivity index (χ0) is 14.8. The highest BCUT2D eigenvalue weighted by molar-refractivity contribution is 5.86. The average Bonchev–Trinajstić information content (AvgIpc) is 2.88. The third-order valence-corrected chi connectivity index (χ3v) is 3.41. The highest BCUT2D eigenvalue weighted by atomic mass is 16.6. The summed E-state index contributed by atoms with van der Waals surface area (Å²) in [6, 6.07) is 7.93. The number of hydrogen-bond acceptors (Lipinski definition) is 4. The van der Waals surface area contributed by atoms with Gasteiger partial charge < -0.3 is 9.84 Å². The number of fused-ring (bicyclic) bond motifs is 1. The van der Waals surface area contributed by atoms with Crippen LogP contribution in [0.15, 0.2) is 36.7 Å². The second-order valence-corrected chi connectivity index (χ2v) is 4.97. The number of aromatic amines is 1. The van der Waals surface area contributed by atoms with E-state index in [9.17, 15) is 5.11 Å². The minimum Gasteiger partial charge on any atom is -0.464 e. The van der Waals surface area contributed by atoms with E-state index >= 15 is 0 Å². The number of nitrogens with one attached hydrogen (secondary N) is 1. The molecule has 2 N–H and O–H groups in total. The summed E-state index contributed by atoms with van der Waals surface area (Å²) in [4.78, 5) is 4.18. The summed E-state index contributed by atoms with van der Waals surface area (Å²) in [6.07, 6.45) is 3.11. The van der Waals surface area contributed by atoms with E-state index in [-0.39, 0.29) is 0 Å². The summed E-state index contributed by atoms with van der Waals surface area (Å²) in [6.45, 7) is 3.85. The maximum Gasteiger partial charge on any atom is 0.197 e. The van der Waals surface area contributed by atoms with E-state index in [2.05, 4.69) is 21.2 Å². The quantitative estimate of drug-likeness (QED) is 0.722. The van der Waals surface area contributed by atoms with E-state index in [0.29, 0.717) is 12.2 Å². The Balaban J connectivity index is 1.97. The Kier molecular flexibility index (Phi) is 3.58. The van der Waals surface area contributed by atoms with Crippen LogP contribution in [0.2, 0.25) is 0 Å². The second kappa shape index (κ2) is 5.54. The van der Waals surface area contributed by atoms with Gasteiger partial charge in [0.05, 0.1) is 11.7 Å². The zero-order valence-corrected chi connectivity index (χ0v) is 12.0. The molecule has 0 aliphatic carbocycles. The Morgan fingerprint density at radius 1 is 1.24 bits per heavy atom. The van der Waals surface area contributed by atoms with Gasteiger partial charge in [-0.25, -0.2) is 0 Å². The van der Waals surface area contributed by atoms with Crippen LogP contribution in [0.3, 0.4) is 0 Å². The fraction of sp³-hybridized carbons (Fsp3) is 0.250. The lowest BCUT2D eigenvalue weighted by Gasteiger charge is -2.11. The summed E-state index contributed by atoms with van der Waals surface area (Å²) in [5.41, 5.74) is 3.96. The van der Waals surface area contributed by atoms with Crippen molar-refractivity contribution in [2.75, 3.05) is 0 Å². The first kappa shape index (κ1) is 13.6. The summed E-state index contributed by atoms with van der Waals surface area (Å²) in [5.74, 6) is 0.561. The molecule has 21 heavy (non-hydrogen) atoms. The number of benzene rings is 1. The van der Waals surface area contributed by atoms with Crippen molar-refractivity contribution in [3.05, 3.63) is 42.4 Å². The highest BCUT2D eigenvalue weighted by Gasteiger charge is 2.07. The van der Waals surface area contributed by atoms with E-state index < -0.39 is 6.29 Å². The molecule has 2 heterocycles.